The molecular weight excluding hydrogens is 226 g/mol. The number of hydrogen-bond acceptors (Lipinski definition) is 3. The molecule has 0 bridgehead atoms. The van der Waals surface area contributed by atoms with Gasteiger partial charge in [-0.05, 0) is 58.8 Å². The normalized spacial score (nSPS) is 19.4. The fourth-order valence-electron chi connectivity index (χ4n) is 2.27. The van der Waals surface area contributed by atoms with Gasteiger partial charge < -0.3 is 15.5 Å². The minimum absolute atomic E-state index is 0.0540. The summed E-state index contributed by atoms with van der Waals surface area (Å²) in [5, 5.41) is 6.09. The van der Waals surface area contributed by atoms with Gasteiger partial charge in [0.1, 0.15) is 0 Å². The predicted octanol–water partition coefficient (Wildman–Crippen LogP) is 0.999. The van der Waals surface area contributed by atoms with Gasteiger partial charge in [0, 0.05) is 6.54 Å². The van der Waals surface area contributed by atoms with Crippen LogP contribution in [0.25, 0.3) is 0 Å². The van der Waals surface area contributed by atoms with Crippen molar-refractivity contribution in [2.75, 3.05) is 33.2 Å². The first-order chi connectivity index (χ1) is 8.63. The quantitative estimate of drug-likeness (QED) is 0.665. The van der Waals surface area contributed by atoms with Gasteiger partial charge in [0.05, 0.1) is 6.04 Å². The van der Waals surface area contributed by atoms with Gasteiger partial charge in [0.2, 0.25) is 5.91 Å². The summed E-state index contributed by atoms with van der Waals surface area (Å²) in [4.78, 5) is 14.0. The summed E-state index contributed by atoms with van der Waals surface area (Å²) in [7, 11) is 2.18. The number of nitrogens with one attached hydrogen (secondary N) is 2. The molecule has 0 aromatic heterocycles. The van der Waals surface area contributed by atoms with Gasteiger partial charge in [-0.1, -0.05) is 6.08 Å². The van der Waals surface area contributed by atoms with Gasteiger partial charge >= 0.3 is 0 Å². The van der Waals surface area contributed by atoms with Gasteiger partial charge in [-0.3, -0.25) is 4.79 Å². The Morgan fingerprint density at radius 2 is 2.17 bits per heavy atom. The highest BCUT2D eigenvalue weighted by molar-refractivity contribution is 5.81. The summed E-state index contributed by atoms with van der Waals surface area (Å²) in [5.41, 5.74) is 0. The predicted molar refractivity (Wildman–Crippen MR) is 75.5 cm³/mol. The molecule has 0 radical (unpaired) electrons. The summed E-state index contributed by atoms with van der Waals surface area (Å²) in [6.45, 7) is 9.38. The van der Waals surface area contributed by atoms with E-state index in [0.717, 1.165) is 12.5 Å². The lowest BCUT2D eigenvalue weighted by atomic mass is 9.94. The maximum Gasteiger partial charge on any atom is 0.237 e. The molecule has 2 N–H and O–H groups in total. The van der Waals surface area contributed by atoms with E-state index in [1.807, 2.05) is 6.92 Å². The molecular formula is C14H27N3O. The molecule has 1 fully saturated rings. The molecule has 0 saturated carbocycles. The number of carbonyl (C=O) groups excluding carboxylic acids is 1. The van der Waals surface area contributed by atoms with Crippen molar-refractivity contribution in [3.05, 3.63) is 12.7 Å². The van der Waals surface area contributed by atoms with E-state index in [9.17, 15) is 4.79 Å². The lowest BCUT2D eigenvalue weighted by molar-refractivity contribution is -0.122. The third kappa shape index (κ3) is 5.65. The van der Waals surface area contributed by atoms with Crippen molar-refractivity contribution in [3.63, 3.8) is 0 Å². The molecule has 1 rings (SSSR count). The Labute approximate surface area is 111 Å². The summed E-state index contributed by atoms with van der Waals surface area (Å²) < 4.78 is 0. The molecule has 1 heterocycles. The highest BCUT2D eigenvalue weighted by Gasteiger charge is 2.17. The summed E-state index contributed by atoms with van der Waals surface area (Å²) in [6.07, 6.45) is 5.44. The van der Waals surface area contributed by atoms with Crippen LogP contribution < -0.4 is 10.6 Å². The lowest BCUT2D eigenvalue weighted by Crippen LogP contribution is -2.43. The van der Waals surface area contributed by atoms with E-state index in [0.29, 0.717) is 6.54 Å². The van der Waals surface area contributed by atoms with Crippen LogP contribution in [0, 0.1) is 5.92 Å². The number of rotatable bonds is 7. The van der Waals surface area contributed by atoms with Crippen LogP contribution in [-0.4, -0.2) is 50.1 Å². The minimum atomic E-state index is -0.115. The van der Waals surface area contributed by atoms with Crippen molar-refractivity contribution >= 4 is 5.91 Å². The smallest absolute Gasteiger partial charge is 0.237 e. The van der Waals surface area contributed by atoms with Crippen molar-refractivity contribution in [2.24, 2.45) is 5.92 Å². The minimum Gasteiger partial charge on any atom is -0.351 e. The number of piperidine rings is 1. The summed E-state index contributed by atoms with van der Waals surface area (Å²) in [6, 6.07) is -0.115. The van der Waals surface area contributed by atoms with Crippen molar-refractivity contribution in [1.82, 2.24) is 15.5 Å². The second kappa shape index (κ2) is 8.27. The summed E-state index contributed by atoms with van der Waals surface area (Å²) in [5.74, 6) is 0.871. The molecule has 1 amide bonds. The largest absolute Gasteiger partial charge is 0.351 e. The third-order valence-electron chi connectivity index (χ3n) is 3.66. The van der Waals surface area contributed by atoms with E-state index in [4.69, 9.17) is 0 Å². The average Bonchev–Trinajstić information content (AvgIpc) is 2.38. The molecule has 18 heavy (non-hydrogen) atoms. The summed E-state index contributed by atoms with van der Waals surface area (Å²) >= 11 is 0. The third-order valence-corrected chi connectivity index (χ3v) is 3.66. The number of likely N-dealkylation sites (tertiary alicyclic amines) is 1. The van der Waals surface area contributed by atoms with E-state index < -0.39 is 0 Å². The van der Waals surface area contributed by atoms with Gasteiger partial charge in [-0.2, -0.15) is 0 Å². The Bertz CT molecular complexity index is 260. The standard InChI is InChI=1S/C14H27N3O/c1-4-8-16-14(18)12(2)15-9-5-13-6-10-17(3)11-7-13/h4,12-13,15H,1,5-11H2,2-3H3,(H,16,18). The van der Waals surface area contributed by atoms with E-state index >= 15 is 0 Å². The second-order valence-corrected chi connectivity index (χ2v) is 5.24. The lowest BCUT2D eigenvalue weighted by Gasteiger charge is -2.29. The van der Waals surface area contributed by atoms with Gasteiger partial charge in [0.25, 0.3) is 0 Å². The highest BCUT2D eigenvalue weighted by atomic mass is 16.2. The van der Waals surface area contributed by atoms with Crippen LogP contribution in [-0.2, 0) is 4.79 Å². The Morgan fingerprint density at radius 3 is 2.78 bits per heavy atom. The Morgan fingerprint density at radius 1 is 1.50 bits per heavy atom. The monoisotopic (exact) mass is 253 g/mol. The SMILES string of the molecule is C=CCNC(=O)C(C)NCCC1CCN(C)CC1. The first-order valence-corrected chi connectivity index (χ1v) is 6.94. The molecule has 0 aromatic rings. The first kappa shape index (κ1) is 15.2. The zero-order chi connectivity index (χ0) is 13.4. The van der Waals surface area contributed by atoms with Gasteiger partial charge in [-0.15, -0.1) is 6.58 Å². The van der Waals surface area contributed by atoms with Crippen LogP contribution in [0.2, 0.25) is 0 Å². The van der Waals surface area contributed by atoms with E-state index in [2.05, 4.69) is 29.2 Å². The number of hydrogen-bond donors (Lipinski definition) is 2. The maximum absolute atomic E-state index is 11.6. The van der Waals surface area contributed by atoms with Crippen LogP contribution in [0.15, 0.2) is 12.7 Å². The van der Waals surface area contributed by atoms with Crippen molar-refractivity contribution in [3.8, 4) is 0 Å². The van der Waals surface area contributed by atoms with E-state index in [-0.39, 0.29) is 11.9 Å². The van der Waals surface area contributed by atoms with Crippen LogP contribution in [0.5, 0.6) is 0 Å². The Hall–Kier alpha value is -0.870. The zero-order valence-corrected chi connectivity index (χ0v) is 11.7. The molecule has 0 aliphatic carbocycles. The fraction of sp³-hybridized carbons (Fsp3) is 0.786. The molecule has 0 aromatic carbocycles. The van der Waals surface area contributed by atoms with Crippen molar-refractivity contribution in [1.29, 1.82) is 0 Å². The Balaban J connectivity index is 2.09. The molecule has 1 aliphatic rings. The van der Waals surface area contributed by atoms with Crippen LogP contribution in [0.4, 0.5) is 0 Å². The topological polar surface area (TPSA) is 44.4 Å². The zero-order valence-electron chi connectivity index (χ0n) is 11.7. The van der Waals surface area contributed by atoms with Crippen LogP contribution in [0.1, 0.15) is 26.2 Å². The maximum atomic E-state index is 11.6. The van der Waals surface area contributed by atoms with E-state index in [1.54, 1.807) is 6.08 Å². The van der Waals surface area contributed by atoms with Crippen LogP contribution in [0.3, 0.4) is 0 Å². The van der Waals surface area contributed by atoms with E-state index in [1.165, 1.54) is 32.4 Å². The van der Waals surface area contributed by atoms with Gasteiger partial charge in [-0.25, -0.2) is 0 Å². The average molecular weight is 253 g/mol. The van der Waals surface area contributed by atoms with Gasteiger partial charge in [0.15, 0.2) is 0 Å². The molecule has 4 heteroatoms. The molecule has 1 saturated heterocycles. The molecule has 0 spiro atoms. The molecule has 104 valence electrons. The first-order valence-electron chi connectivity index (χ1n) is 6.94. The molecule has 4 nitrogen and oxygen atoms in total. The number of amides is 1. The van der Waals surface area contributed by atoms with Crippen molar-refractivity contribution < 1.29 is 4.79 Å². The molecule has 1 atom stereocenters. The van der Waals surface area contributed by atoms with Crippen molar-refractivity contribution in [2.45, 2.75) is 32.2 Å². The highest BCUT2D eigenvalue weighted by Crippen LogP contribution is 2.18. The number of carbonyl (C=O) groups is 1. The Kier molecular flexibility index (Phi) is 6.98. The fourth-order valence-corrected chi connectivity index (χ4v) is 2.27. The molecule has 1 unspecified atom stereocenters. The number of nitrogens with zero attached hydrogens (tertiary/aromatic N) is 1. The molecule has 1 aliphatic heterocycles. The second-order valence-electron chi connectivity index (χ2n) is 5.24. The van der Waals surface area contributed by atoms with Crippen LogP contribution >= 0.6 is 0 Å².